The quantitative estimate of drug-likeness (QED) is 0.0344. The molecule has 0 saturated heterocycles. The number of esters is 3. The lowest BCUT2D eigenvalue weighted by Gasteiger charge is -2.18. The summed E-state index contributed by atoms with van der Waals surface area (Å²) in [6, 6.07) is 0. The molecular formula is C55H106O6. The first-order chi connectivity index (χ1) is 29.9. The lowest BCUT2D eigenvalue weighted by molar-refractivity contribution is -0.167. The van der Waals surface area contributed by atoms with Crippen LogP contribution in [0.15, 0.2) is 0 Å². The SMILES string of the molecule is CCCCCCCCCCCCCCCC(=O)O[C@H](COC(=O)CCCCCCCCCCCCC)COC(=O)CCCCCCCCCCCCCCCCCCC(C)C. The molecule has 362 valence electrons. The van der Waals surface area contributed by atoms with Gasteiger partial charge in [0.15, 0.2) is 6.10 Å². The maximum absolute atomic E-state index is 12.8. The average Bonchev–Trinajstić information content (AvgIpc) is 3.24. The van der Waals surface area contributed by atoms with E-state index in [2.05, 4.69) is 27.7 Å². The Morgan fingerprint density at radius 3 is 0.803 bits per heavy atom. The molecule has 0 aliphatic heterocycles. The van der Waals surface area contributed by atoms with E-state index in [1.807, 2.05) is 0 Å². The first kappa shape index (κ1) is 59.4. The van der Waals surface area contributed by atoms with Crippen molar-refractivity contribution < 1.29 is 28.6 Å². The third-order valence-corrected chi connectivity index (χ3v) is 12.5. The van der Waals surface area contributed by atoms with Gasteiger partial charge >= 0.3 is 17.9 Å². The Labute approximate surface area is 380 Å². The van der Waals surface area contributed by atoms with Crippen molar-refractivity contribution in [2.45, 2.75) is 316 Å². The van der Waals surface area contributed by atoms with E-state index in [1.54, 1.807) is 0 Å². The second kappa shape index (κ2) is 49.4. The normalized spacial score (nSPS) is 12.0. The minimum Gasteiger partial charge on any atom is -0.462 e. The number of carbonyl (C=O) groups excluding carboxylic acids is 3. The van der Waals surface area contributed by atoms with Gasteiger partial charge in [-0.05, 0) is 25.2 Å². The molecule has 6 nitrogen and oxygen atoms in total. The Balaban J connectivity index is 4.24. The van der Waals surface area contributed by atoms with Crippen LogP contribution in [0.2, 0.25) is 0 Å². The first-order valence-corrected chi connectivity index (χ1v) is 27.4. The summed E-state index contributed by atoms with van der Waals surface area (Å²) in [6.45, 7) is 9.05. The number of ether oxygens (including phenoxy) is 3. The van der Waals surface area contributed by atoms with Gasteiger partial charge in [-0.2, -0.15) is 0 Å². The van der Waals surface area contributed by atoms with E-state index >= 15 is 0 Å². The van der Waals surface area contributed by atoms with Gasteiger partial charge in [0.1, 0.15) is 13.2 Å². The minimum atomic E-state index is -0.760. The van der Waals surface area contributed by atoms with Gasteiger partial charge in [-0.1, -0.05) is 272 Å². The molecule has 1 atom stereocenters. The molecule has 0 rings (SSSR count). The lowest BCUT2D eigenvalue weighted by atomic mass is 10.0. The van der Waals surface area contributed by atoms with Crippen molar-refractivity contribution in [3.05, 3.63) is 0 Å². The molecule has 0 radical (unpaired) electrons. The van der Waals surface area contributed by atoms with Crippen molar-refractivity contribution in [2.24, 2.45) is 5.92 Å². The highest BCUT2D eigenvalue weighted by atomic mass is 16.6. The van der Waals surface area contributed by atoms with E-state index in [0.717, 1.165) is 63.7 Å². The Kier molecular flexibility index (Phi) is 48.1. The Hall–Kier alpha value is -1.59. The molecule has 0 saturated carbocycles. The monoisotopic (exact) mass is 863 g/mol. The van der Waals surface area contributed by atoms with Crippen molar-refractivity contribution in [2.75, 3.05) is 13.2 Å². The van der Waals surface area contributed by atoms with Crippen molar-refractivity contribution >= 4 is 17.9 Å². The predicted molar refractivity (Wildman–Crippen MR) is 261 cm³/mol. The summed E-state index contributed by atoms with van der Waals surface area (Å²) in [5.74, 6) is 0.0126. The largest absolute Gasteiger partial charge is 0.462 e. The van der Waals surface area contributed by atoms with Crippen molar-refractivity contribution in [1.29, 1.82) is 0 Å². The molecule has 0 spiro atoms. The van der Waals surface area contributed by atoms with Crippen LogP contribution in [0.3, 0.4) is 0 Å². The molecule has 0 aromatic heterocycles. The van der Waals surface area contributed by atoms with Gasteiger partial charge in [0, 0.05) is 19.3 Å². The van der Waals surface area contributed by atoms with Crippen LogP contribution in [0.1, 0.15) is 310 Å². The molecule has 0 aromatic carbocycles. The van der Waals surface area contributed by atoms with Crippen LogP contribution in [-0.4, -0.2) is 37.2 Å². The van der Waals surface area contributed by atoms with Crippen LogP contribution in [0.25, 0.3) is 0 Å². The topological polar surface area (TPSA) is 78.9 Å². The molecular weight excluding hydrogens is 757 g/mol. The van der Waals surface area contributed by atoms with E-state index in [-0.39, 0.29) is 31.1 Å². The zero-order valence-corrected chi connectivity index (χ0v) is 41.6. The molecule has 0 unspecified atom stereocenters. The molecule has 0 amide bonds. The molecule has 0 bridgehead atoms. The number of hydrogen-bond acceptors (Lipinski definition) is 6. The van der Waals surface area contributed by atoms with E-state index < -0.39 is 6.10 Å². The van der Waals surface area contributed by atoms with Crippen LogP contribution >= 0.6 is 0 Å². The molecule has 6 heteroatoms. The van der Waals surface area contributed by atoms with Gasteiger partial charge in [0.05, 0.1) is 0 Å². The minimum absolute atomic E-state index is 0.0622. The molecule has 0 heterocycles. The highest BCUT2D eigenvalue weighted by Gasteiger charge is 2.19. The maximum Gasteiger partial charge on any atom is 0.306 e. The molecule has 61 heavy (non-hydrogen) atoms. The van der Waals surface area contributed by atoms with Gasteiger partial charge in [-0.25, -0.2) is 0 Å². The van der Waals surface area contributed by atoms with Crippen LogP contribution in [0, 0.1) is 5.92 Å². The van der Waals surface area contributed by atoms with Gasteiger partial charge in [-0.15, -0.1) is 0 Å². The zero-order valence-electron chi connectivity index (χ0n) is 41.6. The summed E-state index contributed by atoms with van der Waals surface area (Å²) in [5.41, 5.74) is 0. The molecule has 0 aliphatic carbocycles. The zero-order chi connectivity index (χ0) is 44.5. The summed E-state index contributed by atoms with van der Waals surface area (Å²) >= 11 is 0. The fraction of sp³-hybridized carbons (Fsp3) is 0.945. The molecule has 0 fully saturated rings. The summed E-state index contributed by atoms with van der Waals surface area (Å²) in [6.07, 6.45) is 52.3. The first-order valence-electron chi connectivity index (χ1n) is 27.4. The third kappa shape index (κ3) is 49.3. The van der Waals surface area contributed by atoms with Crippen molar-refractivity contribution in [1.82, 2.24) is 0 Å². The molecule has 0 aromatic rings. The average molecular weight is 863 g/mol. The number of unbranched alkanes of at least 4 members (excludes halogenated alkanes) is 37. The summed E-state index contributed by atoms with van der Waals surface area (Å²) in [5, 5.41) is 0. The van der Waals surface area contributed by atoms with Gasteiger partial charge in [0.2, 0.25) is 0 Å². The maximum atomic E-state index is 12.8. The number of carbonyl (C=O) groups is 3. The fourth-order valence-electron chi connectivity index (χ4n) is 8.39. The highest BCUT2D eigenvalue weighted by molar-refractivity contribution is 5.71. The van der Waals surface area contributed by atoms with Gasteiger partial charge in [0.25, 0.3) is 0 Å². The predicted octanol–water partition coefficient (Wildman–Crippen LogP) is 17.8. The number of rotatable bonds is 50. The summed E-state index contributed by atoms with van der Waals surface area (Å²) in [7, 11) is 0. The van der Waals surface area contributed by atoms with Crippen LogP contribution in [0.5, 0.6) is 0 Å². The lowest BCUT2D eigenvalue weighted by Crippen LogP contribution is -2.30. The van der Waals surface area contributed by atoms with E-state index in [4.69, 9.17) is 14.2 Å². The number of hydrogen-bond donors (Lipinski definition) is 0. The Bertz CT molecular complexity index is 918. The van der Waals surface area contributed by atoms with E-state index in [1.165, 1.54) is 205 Å². The summed E-state index contributed by atoms with van der Waals surface area (Å²) < 4.78 is 16.8. The molecule has 0 N–H and O–H groups in total. The van der Waals surface area contributed by atoms with Gasteiger partial charge < -0.3 is 14.2 Å². The van der Waals surface area contributed by atoms with Crippen LogP contribution in [-0.2, 0) is 28.6 Å². The van der Waals surface area contributed by atoms with Crippen molar-refractivity contribution in [3.63, 3.8) is 0 Å². The van der Waals surface area contributed by atoms with Crippen molar-refractivity contribution in [3.8, 4) is 0 Å². The highest BCUT2D eigenvalue weighted by Crippen LogP contribution is 2.17. The molecule has 0 aliphatic rings. The van der Waals surface area contributed by atoms with E-state index in [9.17, 15) is 14.4 Å². The van der Waals surface area contributed by atoms with Crippen LogP contribution in [0.4, 0.5) is 0 Å². The third-order valence-electron chi connectivity index (χ3n) is 12.5. The standard InChI is InChI=1S/C55H106O6/c1-5-7-9-11-13-15-17-22-28-32-36-40-44-48-55(58)61-52(49-59-53(56)46-42-38-34-30-25-16-14-12-10-8-6-2)50-60-54(57)47-43-39-35-31-27-24-21-19-18-20-23-26-29-33-37-41-45-51(3)4/h51-52H,5-50H2,1-4H3/t52-/m1/s1. The second-order valence-corrected chi connectivity index (χ2v) is 19.3. The fourth-order valence-corrected chi connectivity index (χ4v) is 8.39. The smallest absolute Gasteiger partial charge is 0.306 e. The van der Waals surface area contributed by atoms with E-state index in [0.29, 0.717) is 19.3 Å². The Morgan fingerprint density at radius 1 is 0.311 bits per heavy atom. The summed E-state index contributed by atoms with van der Waals surface area (Å²) in [4.78, 5) is 38.0. The van der Waals surface area contributed by atoms with Crippen LogP contribution < -0.4 is 0 Å². The Morgan fingerprint density at radius 2 is 0.541 bits per heavy atom. The van der Waals surface area contributed by atoms with Gasteiger partial charge in [-0.3, -0.25) is 14.4 Å². The second-order valence-electron chi connectivity index (χ2n) is 19.3.